The molecule has 0 bridgehead atoms. The molecular formula is C23H21NO3S. The highest BCUT2D eigenvalue weighted by Gasteiger charge is 2.29. The molecule has 1 saturated heterocycles. The molecule has 4 nitrogen and oxygen atoms in total. The minimum absolute atomic E-state index is 0.0270. The van der Waals surface area contributed by atoms with E-state index in [1.54, 1.807) is 12.1 Å². The SMILES string of the molecule is O=C(c1ccc(Oc2ccccc2)cc1)[C@@H]1CCCN(C(=O)c2cccs2)C1. The van der Waals surface area contributed by atoms with Crippen molar-refractivity contribution >= 4 is 23.0 Å². The van der Waals surface area contributed by atoms with Gasteiger partial charge in [0, 0.05) is 24.6 Å². The molecule has 1 aromatic heterocycles. The van der Waals surface area contributed by atoms with Crippen LogP contribution in [-0.2, 0) is 0 Å². The maximum atomic E-state index is 12.9. The van der Waals surface area contributed by atoms with Crippen LogP contribution in [-0.4, -0.2) is 29.7 Å². The summed E-state index contributed by atoms with van der Waals surface area (Å²) in [6, 6.07) is 20.5. The monoisotopic (exact) mass is 391 g/mol. The highest BCUT2D eigenvalue weighted by atomic mass is 32.1. The number of carbonyl (C=O) groups excluding carboxylic acids is 2. The third-order valence-corrected chi connectivity index (χ3v) is 5.79. The largest absolute Gasteiger partial charge is 0.457 e. The van der Waals surface area contributed by atoms with E-state index in [4.69, 9.17) is 4.74 Å². The maximum Gasteiger partial charge on any atom is 0.263 e. The fourth-order valence-corrected chi connectivity index (χ4v) is 4.17. The number of carbonyl (C=O) groups is 2. The van der Waals surface area contributed by atoms with Crippen LogP contribution in [0.1, 0.15) is 32.9 Å². The Kier molecular flexibility index (Phi) is 5.53. The van der Waals surface area contributed by atoms with E-state index >= 15 is 0 Å². The molecule has 28 heavy (non-hydrogen) atoms. The Morgan fingerprint density at radius 2 is 1.68 bits per heavy atom. The number of hydrogen-bond donors (Lipinski definition) is 0. The number of nitrogens with zero attached hydrogens (tertiary/aromatic N) is 1. The Balaban J connectivity index is 1.41. The molecule has 2 heterocycles. The van der Waals surface area contributed by atoms with Crippen molar-refractivity contribution in [3.63, 3.8) is 0 Å². The van der Waals surface area contributed by atoms with E-state index in [0.717, 1.165) is 23.5 Å². The molecule has 1 amide bonds. The first-order valence-corrected chi connectivity index (χ1v) is 10.3. The summed E-state index contributed by atoms with van der Waals surface area (Å²) in [6.07, 6.45) is 1.66. The van der Waals surface area contributed by atoms with Crippen molar-refractivity contribution in [3.8, 4) is 11.5 Å². The number of thiophene rings is 1. The summed E-state index contributed by atoms with van der Waals surface area (Å²) in [6.45, 7) is 1.20. The number of benzene rings is 2. The van der Waals surface area contributed by atoms with E-state index in [0.29, 0.717) is 24.4 Å². The molecule has 0 unspecified atom stereocenters. The standard InChI is InChI=1S/C23H21NO3S/c25-22(17-10-12-20(13-11-17)27-19-7-2-1-3-8-19)18-6-4-14-24(16-18)23(26)21-9-5-15-28-21/h1-3,5,7-13,15,18H,4,6,14,16H2/t18-/m1/s1. The summed E-state index contributed by atoms with van der Waals surface area (Å²) >= 11 is 1.44. The first-order valence-electron chi connectivity index (χ1n) is 9.40. The van der Waals surface area contributed by atoms with E-state index < -0.39 is 0 Å². The second kappa shape index (κ2) is 8.40. The van der Waals surface area contributed by atoms with Gasteiger partial charge in [-0.25, -0.2) is 0 Å². The average molecular weight is 391 g/mol. The normalized spacial score (nSPS) is 16.6. The highest BCUT2D eigenvalue weighted by Crippen LogP contribution is 2.26. The molecule has 0 spiro atoms. The second-order valence-corrected chi connectivity index (χ2v) is 7.82. The Morgan fingerprint density at radius 3 is 2.39 bits per heavy atom. The lowest BCUT2D eigenvalue weighted by atomic mass is 9.90. The Bertz CT molecular complexity index is 936. The third kappa shape index (κ3) is 4.15. The van der Waals surface area contributed by atoms with Crippen molar-refractivity contribution in [2.75, 3.05) is 13.1 Å². The predicted molar refractivity (Wildman–Crippen MR) is 110 cm³/mol. The van der Waals surface area contributed by atoms with Gasteiger partial charge in [-0.2, -0.15) is 0 Å². The Hall–Kier alpha value is -2.92. The first-order chi connectivity index (χ1) is 13.7. The zero-order valence-corrected chi connectivity index (χ0v) is 16.2. The Labute approximate surface area is 168 Å². The van der Waals surface area contributed by atoms with Gasteiger partial charge in [0.05, 0.1) is 4.88 Å². The van der Waals surface area contributed by atoms with Crippen LogP contribution in [0, 0.1) is 5.92 Å². The van der Waals surface area contributed by atoms with Crippen LogP contribution in [0.2, 0.25) is 0 Å². The van der Waals surface area contributed by atoms with Gasteiger partial charge in [0.25, 0.3) is 5.91 Å². The molecule has 1 aliphatic rings. The van der Waals surface area contributed by atoms with Crippen molar-refractivity contribution in [3.05, 3.63) is 82.6 Å². The number of rotatable bonds is 5. The summed E-state index contributed by atoms with van der Waals surface area (Å²) in [5.74, 6) is 1.42. The average Bonchev–Trinajstić information content (AvgIpc) is 3.29. The van der Waals surface area contributed by atoms with E-state index in [1.807, 2.05) is 64.9 Å². The molecule has 1 atom stereocenters. The van der Waals surface area contributed by atoms with E-state index in [1.165, 1.54) is 11.3 Å². The second-order valence-electron chi connectivity index (χ2n) is 6.87. The lowest BCUT2D eigenvalue weighted by Crippen LogP contribution is -2.42. The van der Waals surface area contributed by atoms with Crippen molar-refractivity contribution in [1.29, 1.82) is 0 Å². The number of Topliss-reactive ketones (excluding diaryl/α,β-unsaturated/α-hetero) is 1. The van der Waals surface area contributed by atoms with Gasteiger partial charge in [-0.15, -0.1) is 11.3 Å². The van der Waals surface area contributed by atoms with Gasteiger partial charge in [0.2, 0.25) is 0 Å². The van der Waals surface area contributed by atoms with Crippen LogP contribution in [0.15, 0.2) is 72.1 Å². The lowest BCUT2D eigenvalue weighted by Gasteiger charge is -2.31. The summed E-state index contributed by atoms with van der Waals surface area (Å²) in [5, 5.41) is 1.90. The third-order valence-electron chi connectivity index (χ3n) is 4.93. The van der Waals surface area contributed by atoms with Crippen LogP contribution < -0.4 is 4.74 Å². The zero-order valence-electron chi connectivity index (χ0n) is 15.4. The molecule has 142 valence electrons. The van der Waals surface area contributed by atoms with Crippen LogP contribution in [0.4, 0.5) is 0 Å². The summed E-state index contributed by atoms with van der Waals surface area (Å²) in [4.78, 5) is 28.1. The molecule has 2 aromatic carbocycles. The van der Waals surface area contributed by atoms with E-state index in [9.17, 15) is 9.59 Å². The lowest BCUT2D eigenvalue weighted by molar-refractivity contribution is 0.0641. The molecule has 0 aliphatic carbocycles. The number of piperidine rings is 1. The summed E-state index contributed by atoms with van der Waals surface area (Å²) < 4.78 is 5.79. The van der Waals surface area contributed by atoms with Crippen LogP contribution in [0.5, 0.6) is 11.5 Å². The molecule has 1 aliphatic heterocycles. The number of para-hydroxylation sites is 1. The molecule has 0 N–H and O–H groups in total. The highest BCUT2D eigenvalue weighted by molar-refractivity contribution is 7.12. The topological polar surface area (TPSA) is 46.6 Å². The zero-order chi connectivity index (χ0) is 19.3. The number of hydrogen-bond acceptors (Lipinski definition) is 4. The van der Waals surface area contributed by atoms with Crippen molar-refractivity contribution in [1.82, 2.24) is 4.90 Å². The van der Waals surface area contributed by atoms with Gasteiger partial charge < -0.3 is 9.64 Å². The molecule has 3 aromatic rings. The summed E-state index contributed by atoms with van der Waals surface area (Å²) in [5.41, 5.74) is 0.663. The van der Waals surface area contributed by atoms with Gasteiger partial charge in [-0.1, -0.05) is 24.3 Å². The minimum atomic E-state index is -0.154. The van der Waals surface area contributed by atoms with Gasteiger partial charge in [-0.3, -0.25) is 9.59 Å². The van der Waals surface area contributed by atoms with Gasteiger partial charge in [0.15, 0.2) is 5.78 Å². The van der Waals surface area contributed by atoms with Gasteiger partial charge in [0.1, 0.15) is 11.5 Å². The van der Waals surface area contributed by atoms with E-state index in [2.05, 4.69) is 0 Å². The fraction of sp³-hybridized carbons (Fsp3) is 0.217. The molecule has 5 heteroatoms. The molecule has 0 radical (unpaired) electrons. The van der Waals surface area contributed by atoms with E-state index in [-0.39, 0.29) is 17.6 Å². The Morgan fingerprint density at radius 1 is 0.929 bits per heavy atom. The molecular weight excluding hydrogens is 370 g/mol. The number of amides is 1. The minimum Gasteiger partial charge on any atom is -0.457 e. The van der Waals surface area contributed by atoms with Crippen LogP contribution in [0.25, 0.3) is 0 Å². The maximum absolute atomic E-state index is 12.9. The number of likely N-dealkylation sites (tertiary alicyclic amines) is 1. The first kappa shape index (κ1) is 18.4. The predicted octanol–water partition coefficient (Wildman–Crippen LogP) is 5.28. The quantitative estimate of drug-likeness (QED) is 0.556. The summed E-state index contributed by atoms with van der Waals surface area (Å²) in [7, 11) is 0. The van der Waals surface area contributed by atoms with Crippen molar-refractivity contribution in [2.45, 2.75) is 12.8 Å². The number of ether oxygens (including phenoxy) is 1. The fourth-order valence-electron chi connectivity index (χ4n) is 3.48. The smallest absolute Gasteiger partial charge is 0.263 e. The molecule has 1 fully saturated rings. The van der Waals surface area contributed by atoms with Crippen molar-refractivity contribution in [2.24, 2.45) is 5.92 Å². The van der Waals surface area contributed by atoms with Crippen molar-refractivity contribution < 1.29 is 14.3 Å². The van der Waals surface area contributed by atoms with Gasteiger partial charge in [-0.05, 0) is 60.7 Å². The van der Waals surface area contributed by atoms with Crippen LogP contribution >= 0.6 is 11.3 Å². The molecule has 0 saturated carbocycles. The van der Waals surface area contributed by atoms with Crippen LogP contribution in [0.3, 0.4) is 0 Å². The number of ketones is 1. The van der Waals surface area contributed by atoms with Gasteiger partial charge >= 0.3 is 0 Å². The molecule has 4 rings (SSSR count).